The quantitative estimate of drug-likeness (QED) is 0.422. The lowest BCUT2D eigenvalue weighted by Gasteiger charge is -2.26. The Morgan fingerprint density at radius 3 is 2.20 bits per heavy atom. The SMILES string of the molecule is CCCCCCCC(C)(CCCC)c1nc(Cl)c(Br)o1. The molecule has 0 fully saturated rings. The summed E-state index contributed by atoms with van der Waals surface area (Å²) in [7, 11) is 0. The number of unbranched alkanes of at least 4 members (excludes halogenated alkanes) is 5. The number of hydrogen-bond donors (Lipinski definition) is 0. The second-order valence-corrected chi connectivity index (χ2v) is 6.99. The van der Waals surface area contributed by atoms with E-state index < -0.39 is 0 Å². The number of aromatic nitrogens is 1. The van der Waals surface area contributed by atoms with Gasteiger partial charge in [-0.25, -0.2) is 4.98 Å². The molecule has 1 atom stereocenters. The van der Waals surface area contributed by atoms with Crippen molar-refractivity contribution in [3.05, 3.63) is 15.7 Å². The topological polar surface area (TPSA) is 26.0 Å². The molecule has 20 heavy (non-hydrogen) atoms. The second kappa shape index (κ2) is 9.09. The molecule has 116 valence electrons. The van der Waals surface area contributed by atoms with Gasteiger partial charge in [-0.05, 0) is 28.8 Å². The molecule has 2 nitrogen and oxygen atoms in total. The number of nitrogens with zero attached hydrogens (tertiary/aromatic N) is 1. The van der Waals surface area contributed by atoms with Gasteiger partial charge in [0.25, 0.3) is 0 Å². The van der Waals surface area contributed by atoms with Gasteiger partial charge in [0.15, 0.2) is 5.15 Å². The van der Waals surface area contributed by atoms with Crippen LogP contribution in [-0.2, 0) is 5.41 Å². The van der Waals surface area contributed by atoms with Gasteiger partial charge in [-0.15, -0.1) is 0 Å². The lowest BCUT2D eigenvalue weighted by molar-refractivity contribution is 0.285. The summed E-state index contributed by atoms with van der Waals surface area (Å²) in [6.07, 6.45) is 11.1. The monoisotopic (exact) mass is 363 g/mol. The first-order valence-electron chi connectivity index (χ1n) is 7.85. The number of halogens is 2. The Bertz CT molecular complexity index is 374. The summed E-state index contributed by atoms with van der Waals surface area (Å²) in [5, 5.41) is 0.439. The third-order valence-electron chi connectivity index (χ3n) is 3.98. The van der Waals surface area contributed by atoms with E-state index in [1.54, 1.807) is 0 Å². The fraction of sp³-hybridized carbons (Fsp3) is 0.812. The summed E-state index contributed by atoms with van der Waals surface area (Å²) < 4.78 is 6.29. The van der Waals surface area contributed by atoms with Gasteiger partial charge >= 0.3 is 0 Å². The molecule has 0 aromatic carbocycles. The summed E-state index contributed by atoms with van der Waals surface area (Å²) in [5.41, 5.74) is 0.0118. The van der Waals surface area contributed by atoms with Crippen molar-refractivity contribution in [3.63, 3.8) is 0 Å². The lowest BCUT2D eigenvalue weighted by Crippen LogP contribution is -2.22. The first-order chi connectivity index (χ1) is 9.53. The number of hydrogen-bond acceptors (Lipinski definition) is 2. The fourth-order valence-corrected chi connectivity index (χ4v) is 2.92. The molecule has 4 heteroatoms. The minimum atomic E-state index is 0.0118. The minimum absolute atomic E-state index is 0.0118. The zero-order chi connectivity index (χ0) is 15.0. The van der Waals surface area contributed by atoms with E-state index in [9.17, 15) is 0 Å². The molecule has 0 radical (unpaired) electrons. The van der Waals surface area contributed by atoms with E-state index in [0.717, 1.165) is 18.7 Å². The third kappa shape index (κ3) is 5.40. The van der Waals surface area contributed by atoms with Crippen molar-refractivity contribution in [3.8, 4) is 0 Å². The first-order valence-corrected chi connectivity index (χ1v) is 9.03. The van der Waals surface area contributed by atoms with Crippen molar-refractivity contribution in [1.29, 1.82) is 0 Å². The van der Waals surface area contributed by atoms with Crippen LogP contribution in [0.25, 0.3) is 0 Å². The normalized spacial score (nSPS) is 14.4. The van der Waals surface area contributed by atoms with E-state index in [4.69, 9.17) is 16.0 Å². The number of rotatable bonds is 10. The molecule has 0 saturated carbocycles. The zero-order valence-corrected chi connectivity index (χ0v) is 15.3. The summed E-state index contributed by atoms with van der Waals surface area (Å²) in [4.78, 5) is 4.40. The van der Waals surface area contributed by atoms with Crippen LogP contribution in [0.15, 0.2) is 9.09 Å². The highest BCUT2D eigenvalue weighted by Crippen LogP contribution is 2.37. The molecule has 0 N–H and O–H groups in total. The van der Waals surface area contributed by atoms with E-state index in [1.807, 2.05) is 0 Å². The van der Waals surface area contributed by atoms with Crippen LogP contribution in [0.2, 0.25) is 5.15 Å². The van der Waals surface area contributed by atoms with Gasteiger partial charge in [0.05, 0.1) is 0 Å². The number of oxazole rings is 1. The van der Waals surface area contributed by atoms with E-state index in [2.05, 4.69) is 41.7 Å². The lowest BCUT2D eigenvalue weighted by atomic mass is 9.80. The molecule has 0 saturated heterocycles. The van der Waals surface area contributed by atoms with Gasteiger partial charge in [0.2, 0.25) is 10.6 Å². The molecule has 0 aliphatic rings. The van der Waals surface area contributed by atoms with Crippen molar-refractivity contribution in [2.24, 2.45) is 0 Å². The zero-order valence-electron chi connectivity index (χ0n) is 13.0. The van der Waals surface area contributed by atoms with Crippen molar-refractivity contribution < 1.29 is 4.42 Å². The third-order valence-corrected chi connectivity index (χ3v) is 5.00. The molecule has 0 aliphatic carbocycles. The van der Waals surface area contributed by atoms with E-state index in [1.165, 1.54) is 44.9 Å². The Balaban J connectivity index is 2.65. The largest absolute Gasteiger partial charge is 0.432 e. The van der Waals surface area contributed by atoms with Crippen LogP contribution in [0, 0.1) is 0 Å². The van der Waals surface area contributed by atoms with Gasteiger partial charge in [-0.2, -0.15) is 0 Å². The van der Waals surface area contributed by atoms with Gasteiger partial charge in [0, 0.05) is 5.41 Å². The first kappa shape index (κ1) is 18.0. The molecule has 1 rings (SSSR count). The van der Waals surface area contributed by atoms with Crippen molar-refractivity contribution in [1.82, 2.24) is 4.98 Å². The Morgan fingerprint density at radius 2 is 1.65 bits per heavy atom. The summed E-state index contributed by atoms with van der Waals surface area (Å²) in [6, 6.07) is 0. The van der Waals surface area contributed by atoms with Crippen LogP contribution in [0.1, 0.15) is 84.4 Å². The maximum atomic E-state index is 6.02. The van der Waals surface area contributed by atoms with Gasteiger partial charge in [0.1, 0.15) is 0 Å². The van der Waals surface area contributed by atoms with Crippen LogP contribution >= 0.6 is 27.5 Å². The van der Waals surface area contributed by atoms with Crippen LogP contribution < -0.4 is 0 Å². The molecule has 0 bridgehead atoms. The predicted octanol–water partition coefficient (Wildman–Crippen LogP) is 6.90. The maximum Gasteiger partial charge on any atom is 0.208 e. The molecule has 1 unspecified atom stereocenters. The Morgan fingerprint density at radius 1 is 1.05 bits per heavy atom. The summed E-state index contributed by atoms with van der Waals surface area (Å²) in [5.74, 6) is 0.790. The summed E-state index contributed by atoms with van der Waals surface area (Å²) >= 11 is 9.34. The standard InChI is InChI=1S/C16H27BrClNO/c1-4-6-8-9-10-12-16(3,11-7-5-2)15-19-14(18)13(17)20-15/h4-12H2,1-3H3. The Labute approximate surface area is 136 Å². The average Bonchev–Trinajstić information content (AvgIpc) is 2.77. The average molecular weight is 365 g/mol. The molecular formula is C16H27BrClNO. The van der Waals surface area contributed by atoms with Gasteiger partial charge in [-0.3, -0.25) is 0 Å². The molecular weight excluding hydrogens is 338 g/mol. The minimum Gasteiger partial charge on any atom is -0.432 e. The molecule has 0 amide bonds. The van der Waals surface area contributed by atoms with Crippen molar-refractivity contribution in [2.45, 2.75) is 84.0 Å². The van der Waals surface area contributed by atoms with E-state index in [-0.39, 0.29) is 5.41 Å². The molecule has 1 heterocycles. The van der Waals surface area contributed by atoms with Crippen molar-refractivity contribution >= 4 is 27.5 Å². The highest BCUT2D eigenvalue weighted by atomic mass is 79.9. The summed E-state index contributed by atoms with van der Waals surface area (Å²) in [6.45, 7) is 6.73. The second-order valence-electron chi connectivity index (χ2n) is 5.91. The maximum absolute atomic E-state index is 6.02. The molecule has 0 aliphatic heterocycles. The smallest absolute Gasteiger partial charge is 0.208 e. The fourth-order valence-electron chi connectivity index (χ4n) is 2.57. The van der Waals surface area contributed by atoms with Crippen molar-refractivity contribution in [2.75, 3.05) is 0 Å². The van der Waals surface area contributed by atoms with E-state index in [0.29, 0.717) is 9.82 Å². The molecule has 1 aromatic heterocycles. The molecule has 0 spiro atoms. The predicted molar refractivity (Wildman–Crippen MR) is 89.5 cm³/mol. The Hall–Kier alpha value is -0.0200. The highest BCUT2D eigenvalue weighted by molar-refractivity contribution is 9.10. The van der Waals surface area contributed by atoms with Gasteiger partial charge in [-0.1, -0.05) is 77.3 Å². The molecule has 1 aromatic rings. The highest BCUT2D eigenvalue weighted by Gasteiger charge is 2.31. The van der Waals surface area contributed by atoms with Crippen LogP contribution in [0.5, 0.6) is 0 Å². The van der Waals surface area contributed by atoms with Crippen LogP contribution in [0.3, 0.4) is 0 Å². The van der Waals surface area contributed by atoms with Crippen LogP contribution in [0.4, 0.5) is 0 Å². The van der Waals surface area contributed by atoms with Crippen LogP contribution in [-0.4, -0.2) is 4.98 Å². The Kier molecular flexibility index (Phi) is 8.20. The van der Waals surface area contributed by atoms with E-state index >= 15 is 0 Å². The van der Waals surface area contributed by atoms with Gasteiger partial charge < -0.3 is 4.42 Å².